The Kier molecular flexibility index (Phi) is 6.54. The molecule has 0 atom stereocenters. The number of alkyl halides is 5. The van der Waals surface area contributed by atoms with Crippen molar-refractivity contribution in [3.63, 3.8) is 0 Å². The largest absolute Gasteiger partial charge is 0.417 e. The SMILES string of the molecule is COCCN(CC(F)F)C(=O)c1cc(-c2ccccc2C(F)(F)F)nc2onc(C)c12. The summed E-state index contributed by atoms with van der Waals surface area (Å²) in [6.45, 7) is 0.506. The first kappa shape index (κ1) is 22.6. The van der Waals surface area contributed by atoms with Gasteiger partial charge in [0.2, 0.25) is 0 Å². The number of halogens is 5. The van der Waals surface area contributed by atoms with E-state index in [1.165, 1.54) is 32.2 Å². The first-order chi connectivity index (χ1) is 14.6. The molecule has 0 aliphatic rings. The molecule has 0 N–H and O–H groups in total. The Labute approximate surface area is 173 Å². The van der Waals surface area contributed by atoms with Crippen molar-refractivity contribution in [2.24, 2.45) is 0 Å². The molecule has 6 nitrogen and oxygen atoms in total. The summed E-state index contributed by atoms with van der Waals surface area (Å²) in [5.41, 5.74) is -1.47. The molecule has 0 bridgehead atoms. The molecule has 3 rings (SSSR count). The molecule has 166 valence electrons. The highest BCUT2D eigenvalue weighted by molar-refractivity contribution is 6.07. The normalized spacial score (nSPS) is 12.0. The molecule has 0 saturated heterocycles. The van der Waals surface area contributed by atoms with Gasteiger partial charge in [0, 0.05) is 19.2 Å². The average molecular weight is 443 g/mol. The van der Waals surface area contributed by atoms with Gasteiger partial charge in [-0.1, -0.05) is 23.4 Å². The minimum atomic E-state index is -4.67. The van der Waals surface area contributed by atoms with Gasteiger partial charge in [0.05, 0.1) is 41.1 Å². The number of nitrogens with zero attached hydrogens (tertiary/aromatic N) is 3. The molecule has 0 spiro atoms. The number of aromatic nitrogens is 2. The van der Waals surface area contributed by atoms with Crippen LogP contribution in [0.4, 0.5) is 22.0 Å². The minimum absolute atomic E-state index is 0.000923. The van der Waals surface area contributed by atoms with E-state index in [0.717, 1.165) is 17.0 Å². The van der Waals surface area contributed by atoms with Crippen molar-refractivity contribution in [3.05, 3.63) is 47.2 Å². The van der Waals surface area contributed by atoms with Gasteiger partial charge in [0.1, 0.15) is 0 Å². The van der Waals surface area contributed by atoms with E-state index < -0.39 is 30.6 Å². The number of ether oxygens (including phenoxy) is 1. The van der Waals surface area contributed by atoms with Crippen LogP contribution in [0.3, 0.4) is 0 Å². The second-order valence-electron chi connectivity index (χ2n) is 6.68. The van der Waals surface area contributed by atoms with Gasteiger partial charge in [-0.2, -0.15) is 13.2 Å². The lowest BCUT2D eigenvalue weighted by molar-refractivity contribution is -0.137. The summed E-state index contributed by atoms with van der Waals surface area (Å²) in [4.78, 5) is 18.1. The fourth-order valence-corrected chi connectivity index (χ4v) is 3.17. The molecule has 1 aromatic carbocycles. The third-order valence-corrected chi connectivity index (χ3v) is 4.57. The molecular formula is C20H18F5N3O3. The lowest BCUT2D eigenvalue weighted by atomic mass is 10.0. The van der Waals surface area contributed by atoms with Gasteiger partial charge in [-0.05, 0) is 19.1 Å². The van der Waals surface area contributed by atoms with Gasteiger partial charge in [0.25, 0.3) is 18.0 Å². The van der Waals surface area contributed by atoms with Crippen LogP contribution in [0.15, 0.2) is 34.9 Å². The number of methoxy groups -OCH3 is 1. The van der Waals surface area contributed by atoms with E-state index in [2.05, 4.69) is 10.1 Å². The summed E-state index contributed by atoms with van der Waals surface area (Å²) >= 11 is 0. The predicted octanol–water partition coefficient (Wildman–Crippen LogP) is 4.57. The van der Waals surface area contributed by atoms with Gasteiger partial charge in [-0.3, -0.25) is 4.79 Å². The van der Waals surface area contributed by atoms with Gasteiger partial charge in [-0.15, -0.1) is 0 Å². The van der Waals surface area contributed by atoms with Crippen molar-refractivity contribution in [1.82, 2.24) is 15.0 Å². The van der Waals surface area contributed by atoms with Crippen LogP contribution in [0.5, 0.6) is 0 Å². The van der Waals surface area contributed by atoms with Crippen LogP contribution >= 0.6 is 0 Å². The quantitative estimate of drug-likeness (QED) is 0.501. The fourth-order valence-electron chi connectivity index (χ4n) is 3.17. The Balaban J connectivity index is 2.19. The van der Waals surface area contributed by atoms with E-state index in [4.69, 9.17) is 9.26 Å². The number of carbonyl (C=O) groups is 1. The number of fused-ring (bicyclic) bond motifs is 1. The third-order valence-electron chi connectivity index (χ3n) is 4.57. The zero-order chi connectivity index (χ0) is 22.8. The molecule has 11 heteroatoms. The molecule has 0 aliphatic heterocycles. The summed E-state index contributed by atoms with van der Waals surface area (Å²) in [5.74, 6) is -0.818. The molecule has 0 aliphatic carbocycles. The number of benzene rings is 1. The first-order valence-corrected chi connectivity index (χ1v) is 9.13. The molecule has 0 unspecified atom stereocenters. The zero-order valence-corrected chi connectivity index (χ0v) is 16.5. The van der Waals surface area contributed by atoms with Crippen LogP contribution in [0.1, 0.15) is 21.6 Å². The van der Waals surface area contributed by atoms with Crippen LogP contribution in [0.25, 0.3) is 22.4 Å². The van der Waals surface area contributed by atoms with Crippen molar-refractivity contribution in [3.8, 4) is 11.3 Å². The molecular weight excluding hydrogens is 425 g/mol. The van der Waals surface area contributed by atoms with Gasteiger partial charge < -0.3 is 14.2 Å². The molecule has 3 aromatic rings. The van der Waals surface area contributed by atoms with Crippen molar-refractivity contribution in [1.29, 1.82) is 0 Å². The summed E-state index contributed by atoms with van der Waals surface area (Å²) < 4.78 is 76.5. The average Bonchev–Trinajstić information content (AvgIpc) is 3.10. The maximum absolute atomic E-state index is 13.5. The number of hydrogen-bond acceptors (Lipinski definition) is 5. The molecule has 0 fully saturated rings. The highest BCUT2D eigenvalue weighted by Crippen LogP contribution is 2.37. The lowest BCUT2D eigenvalue weighted by Crippen LogP contribution is -2.37. The van der Waals surface area contributed by atoms with Crippen molar-refractivity contribution >= 4 is 17.0 Å². The lowest BCUT2D eigenvalue weighted by Gasteiger charge is -2.22. The van der Waals surface area contributed by atoms with Gasteiger partial charge >= 0.3 is 6.18 Å². The van der Waals surface area contributed by atoms with Crippen LogP contribution in [-0.2, 0) is 10.9 Å². The van der Waals surface area contributed by atoms with Gasteiger partial charge in [0.15, 0.2) is 0 Å². The highest BCUT2D eigenvalue weighted by Gasteiger charge is 2.34. The van der Waals surface area contributed by atoms with E-state index in [9.17, 15) is 26.7 Å². The summed E-state index contributed by atoms with van der Waals surface area (Å²) in [6, 6.07) is 5.85. The van der Waals surface area contributed by atoms with Crippen LogP contribution in [-0.4, -0.2) is 54.2 Å². The zero-order valence-electron chi connectivity index (χ0n) is 16.5. The number of rotatable bonds is 7. The summed E-state index contributed by atoms with van der Waals surface area (Å²) in [6.07, 6.45) is -7.48. The molecule has 1 amide bonds. The summed E-state index contributed by atoms with van der Waals surface area (Å²) in [5, 5.41) is 3.87. The van der Waals surface area contributed by atoms with E-state index >= 15 is 0 Å². The minimum Gasteiger partial charge on any atom is -0.383 e. The molecule has 2 aromatic heterocycles. The second kappa shape index (κ2) is 8.96. The Hall–Kier alpha value is -3.08. The number of amides is 1. The predicted molar refractivity (Wildman–Crippen MR) is 101 cm³/mol. The van der Waals surface area contributed by atoms with Crippen molar-refractivity contribution < 1.29 is 36.0 Å². The van der Waals surface area contributed by atoms with E-state index in [1.54, 1.807) is 0 Å². The highest BCUT2D eigenvalue weighted by atomic mass is 19.4. The summed E-state index contributed by atoms with van der Waals surface area (Å²) in [7, 11) is 1.35. The van der Waals surface area contributed by atoms with E-state index in [-0.39, 0.29) is 46.8 Å². The van der Waals surface area contributed by atoms with Crippen LogP contribution < -0.4 is 0 Å². The molecule has 0 saturated carbocycles. The molecule has 31 heavy (non-hydrogen) atoms. The molecule has 2 heterocycles. The van der Waals surface area contributed by atoms with Crippen molar-refractivity contribution in [2.45, 2.75) is 19.5 Å². The van der Waals surface area contributed by atoms with E-state index in [0.29, 0.717) is 0 Å². The Morgan fingerprint density at radius 2 is 1.97 bits per heavy atom. The number of hydrogen-bond donors (Lipinski definition) is 0. The van der Waals surface area contributed by atoms with Gasteiger partial charge in [-0.25, -0.2) is 13.8 Å². The molecule has 0 radical (unpaired) electrons. The van der Waals surface area contributed by atoms with Crippen LogP contribution in [0, 0.1) is 6.92 Å². The van der Waals surface area contributed by atoms with Crippen molar-refractivity contribution in [2.75, 3.05) is 26.8 Å². The number of carbonyl (C=O) groups excluding carboxylic acids is 1. The Morgan fingerprint density at radius 3 is 2.61 bits per heavy atom. The van der Waals surface area contributed by atoms with E-state index in [1.807, 2.05) is 0 Å². The standard InChI is InChI=1S/C20H18F5N3O3/c1-11-17-13(19(29)28(7-8-30-2)10-16(21)22)9-15(26-18(17)31-27-11)12-5-3-4-6-14(12)20(23,24)25/h3-6,9,16H,7-8,10H2,1-2H3. The smallest absolute Gasteiger partial charge is 0.383 e. The number of aryl methyl sites for hydroxylation is 1. The monoisotopic (exact) mass is 443 g/mol. The van der Waals surface area contributed by atoms with Crippen LogP contribution in [0.2, 0.25) is 0 Å². The number of pyridine rings is 1. The fraction of sp³-hybridized carbons (Fsp3) is 0.350. The maximum atomic E-state index is 13.5. The maximum Gasteiger partial charge on any atom is 0.417 e. The first-order valence-electron chi connectivity index (χ1n) is 9.13. The Morgan fingerprint density at radius 1 is 1.26 bits per heavy atom. The third kappa shape index (κ3) is 4.82. The Bertz CT molecular complexity index is 1080. The topological polar surface area (TPSA) is 68.5 Å². The second-order valence-corrected chi connectivity index (χ2v) is 6.68.